The Morgan fingerprint density at radius 2 is 2.19 bits per heavy atom. The summed E-state index contributed by atoms with van der Waals surface area (Å²) < 4.78 is 2.16. The van der Waals surface area contributed by atoms with Crippen LogP contribution in [0.3, 0.4) is 0 Å². The number of aromatic nitrogens is 2. The van der Waals surface area contributed by atoms with Gasteiger partial charge in [-0.25, -0.2) is 4.98 Å². The molecule has 3 heteroatoms. The molecule has 0 aromatic carbocycles. The number of nitrogen functional groups attached to an aromatic ring is 1. The van der Waals surface area contributed by atoms with Gasteiger partial charge in [0, 0.05) is 23.0 Å². The highest BCUT2D eigenvalue weighted by molar-refractivity contribution is 5.51. The molecule has 1 aliphatic carbocycles. The molecule has 0 bridgehead atoms. The Hall–Kier alpha value is -1.51. The van der Waals surface area contributed by atoms with Crippen molar-refractivity contribution in [3.8, 4) is 0 Å². The third kappa shape index (κ3) is 1.24. The number of anilines is 1. The van der Waals surface area contributed by atoms with Crippen molar-refractivity contribution in [2.45, 2.75) is 38.5 Å². The number of aryl methyl sites for hydroxylation is 1. The van der Waals surface area contributed by atoms with Gasteiger partial charge in [0.25, 0.3) is 0 Å². The van der Waals surface area contributed by atoms with E-state index >= 15 is 0 Å². The number of hydrogen-bond donors (Lipinski definition) is 1. The second kappa shape index (κ2) is 3.00. The SMILES string of the molecule is CC1(C)CCCc2c1nc1ccc(N)cn21. The Balaban J connectivity index is 2.33. The summed E-state index contributed by atoms with van der Waals surface area (Å²) in [4.78, 5) is 4.75. The number of hydrogen-bond acceptors (Lipinski definition) is 2. The van der Waals surface area contributed by atoms with E-state index in [9.17, 15) is 0 Å². The van der Waals surface area contributed by atoms with Crippen LogP contribution in [0, 0.1) is 0 Å². The minimum absolute atomic E-state index is 0.203. The summed E-state index contributed by atoms with van der Waals surface area (Å²) in [6.07, 6.45) is 5.56. The molecule has 0 saturated heterocycles. The lowest BCUT2D eigenvalue weighted by molar-refractivity contribution is 0.418. The van der Waals surface area contributed by atoms with Gasteiger partial charge in [0.1, 0.15) is 5.65 Å². The Morgan fingerprint density at radius 3 is 3.00 bits per heavy atom. The van der Waals surface area contributed by atoms with Gasteiger partial charge in [-0.2, -0.15) is 0 Å². The highest BCUT2D eigenvalue weighted by atomic mass is 15.0. The van der Waals surface area contributed by atoms with Crippen molar-refractivity contribution in [3.05, 3.63) is 29.7 Å². The van der Waals surface area contributed by atoms with E-state index in [1.807, 2.05) is 18.3 Å². The molecule has 0 aliphatic heterocycles. The number of nitrogens with two attached hydrogens (primary N) is 1. The maximum atomic E-state index is 5.84. The summed E-state index contributed by atoms with van der Waals surface area (Å²) in [7, 11) is 0. The molecule has 0 fully saturated rings. The molecular weight excluding hydrogens is 198 g/mol. The highest BCUT2D eigenvalue weighted by Crippen LogP contribution is 2.36. The van der Waals surface area contributed by atoms with E-state index < -0.39 is 0 Å². The van der Waals surface area contributed by atoms with E-state index in [0.29, 0.717) is 0 Å². The molecule has 0 amide bonds. The van der Waals surface area contributed by atoms with Gasteiger partial charge in [-0.1, -0.05) is 13.8 Å². The maximum Gasteiger partial charge on any atom is 0.137 e. The normalized spacial score (nSPS) is 18.6. The Kier molecular flexibility index (Phi) is 1.82. The van der Waals surface area contributed by atoms with Crippen LogP contribution in [0.4, 0.5) is 5.69 Å². The topological polar surface area (TPSA) is 43.3 Å². The zero-order chi connectivity index (χ0) is 11.3. The van der Waals surface area contributed by atoms with Crippen molar-refractivity contribution in [3.63, 3.8) is 0 Å². The van der Waals surface area contributed by atoms with Crippen LogP contribution in [0.2, 0.25) is 0 Å². The van der Waals surface area contributed by atoms with Crippen LogP contribution in [0.25, 0.3) is 5.65 Å². The average molecular weight is 215 g/mol. The minimum atomic E-state index is 0.203. The van der Waals surface area contributed by atoms with Crippen molar-refractivity contribution in [1.82, 2.24) is 9.38 Å². The summed E-state index contributed by atoms with van der Waals surface area (Å²) in [5.41, 5.74) is 10.5. The van der Waals surface area contributed by atoms with Gasteiger partial charge < -0.3 is 10.1 Å². The lowest BCUT2D eigenvalue weighted by atomic mass is 9.78. The maximum absolute atomic E-state index is 5.84. The molecule has 0 saturated carbocycles. The molecule has 2 N–H and O–H groups in total. The lowest BCUT2D eigenvalue weighted by Crippen LogP contribution is -2.24. The molecule has 0 unspecified atom stereocenters. The lowest BCUT2D eigenvalue weighted by Gasteiger charge is -2.28. The predicted octanol–water partition coefficient (Wildman–Crippen LogP) is 2.53. The van der Waals surface area contributed by atoms with Crippen LogP contribution < -0.4 is 5.73 Å². The molecular formula is C13H17N3. The molecule has 0 atom stereocenters. The van der Waals surface area contributed by atoms with Crippen LogP contribution in [-0.2, 0) is 11.8 Å². The van der Waals surface area contributed by atoms with Gasteiger partial charge in [0.05, 0.1) is 5.69 Å². The van der Waals surface area contributed by atoms with E-state index in [0.717, 1.165) is 17.8 Å². The third-order valence-corrected chi connectivity index (χ3v) is 3.60. The van der Waals surface area contributed by atoms with Crippen molar-refractivity contribution in [1.29, 1.82) is 0 Å². The zero-order valence-electron chi connectivity index (χ0n) is 9.83. The van der Waals surface area contributed by atoms with Crippen molar-refractivity contribution in [2.24, 2.45) is 0 Å². The van der Waals surface area contributed by atoms with E-state index in [1.165, 1.54) is 24.2 Å². The standard InChI is InChI=1S/C13H17N3/c1-13(2)7-3-4-10-12(13)15-11-6-5-9(14)8-16(10)11/h5-6,8H,3-4,7,14H2,1-2H3. The molecule has 3 nitrogen and oxygen atoms in total. The monoisotopic (exact) mass is 215 g/mol. The molecule has 1 aliphatic rings. The molecule has 3 rings (SSSR count). The highest BCUT2D eigenvalue weighted by Gasteiger charge is 2.31. The van der Waals surface area contributed by atoms with Crippen molar-refractivity contribution in [2.75, 3.05) is 5.73 Å². The number of pyridine rings is 1. The molecule has 2 aromatic heterocycles. The van der Waals surface area contributed by atoms with Crippen LogP contribution in [0.15, 0.2) is 18.3 Å². The molecule has 84 valence electrons. The summed E-state index contributed by atoms with van der Waals surface area (Å²) in [6, 6.07) is 3.92. The fourth-order valence-corrected chi connectivity index (χ4v) is 2.71. The molecule has 2 heterocycles. The van der Waals surface area contributed by atoms with Gasteiger partial charge in [0.15, 0.2) is 0 Å². The van der Waals surface area contributed by atoms with Crippen LogP contribution in [0.5, 0.6) is 0 Å². The first-order valence-electron chi connectivity index (χ1n) is 5.85. The van der Waals surface area contributed by atoms with Gasteiger partial charge in [-0.05, 0) is 31.4 Å². The summed E-state index contributed by atoms with van der Waals surface area (Å²) in [5, 5.41) is 0. The van der Waals surface area contributed by atoms with Crippen LogP contribution in [0.1, 0.15) is 38.1 Å². The van der Waals surface area contributed by atoms with E-state index in [2.05, 4.69) is 18.2 Å². The van der Waals surface area contributed by atoms with Gasteiger partial charge >= 0.3 is 0 Å². The molecule has 0 radical (unpaired) electrons. The number of nitrogens with zero attached hydrogens (tertiary/aromatic N) is 2. The third-order valence-electron chi connectivity index (χ3n) is 3.60. The van der Waals surface area contributed by atoms with Crippen LogP contribution in [-0.4, -0.2) is 9.38 Å². The van der Waals surface area contributed by atoms with E-state index in [-0.39, 0.29) is 5.41 Å². The first kappa shape index (κ1) is 9.70. The molecule has 16 heavy (non-hydrogen) atoms. The smallest absolute Gasteiger partial charge is 0.137 e. The quantitative estimate of drug-likeness (QED) is 0.734. The Labute approximate surface area is 95.3 Å². The molecule has 2 aromatic rings. The van der Waals surface area contributed by atoms with Crippen LogP contribution >= 0.6 is 0 Å². The van der Waals surface area contributed by atoms with Crippen molar-refractivity contribution >= 4 is 11.3 Å². The Morgan fingerprint density at radius 1 is 1.38 bits per heavy atom. The van der Waals surface area contributed by atoms with Gasteiger partial charge in [-0.3, -0.25) is 0 Å². The number of rotatable bonds is 0. The summed E-state index contributed by atoms with van der Waals surface area (Å²) in [5.74, 6) is 0. The summed E-state index contributed by atoms with van der Waals surface area (Å²) in [6.45, 7) is 4.56. The summed E-state index contributed by atoms with van der Waals surface area (Å²) >= 11 is 0. The predicted molar refractivity (Wildman–Crippen MR) is 65.6 cm³/mol. The fraction of sp³-hybridized carbons (Fsp3) is 0.462. The number of imidazole rings is 1. The second-order valence-corrected chi connectivity index (χ2v) is 5.34. The van der Waals surface area contributed by atoms with Crippen molar-refractivity contribution < 1.29 is 0 Å². The van der Waals surface area contributed by atoms with E-state index in [1.54, 1.807) is 0 Å². The van der Waals surface area contributed by atoms with Gasteiger partial charge in [0.2, 0.25) is 0 Å². The fourth-order valence-electron chi connectivity index (χ4n) is 2.71. The molecule has 0 spiro atoms. The minimum Gasteiger partial charge on any atom is -0.398 e. The first-order chi connectivity index (χ1) is 7.58. The van der Waals surface area contributed by atoms with Gasteiger partial charge in [-0.15, -0.1) is 0 Å². The number of fused-ring (bicyclic) bond motifs is 3. The largest absolute Gasteiger partial charge is 0.398 e. The Bertz CT molecular complexity index is 552. The van der Waals surface area contributed by atoms with E-state index in [4.69, 9.17) is 10.7 Å². The second-order valence-electron chi connectivity index (χ2n) is 5.34. The zero-order valence-corrected chi connectivity index (χ0v) is 9.83. The average Bonchev–Trinajstić information content (AvgIpc) is 2.58. The first-order valence-corrected chi connectivity index (χ1v) is 5.85.